The zero-order valence-corrected chi connectivity index (χ0v) is 17.4. The molecule has 5 heteroatoms. The number of aliphatic hydroxyl groups excluding tert-OH is 2. The van der Waals surface area contributed by atoms with Gasteiger partial charge in [0.15, 0.2) is 0 Å². The third-order valence-corrected chi connectivity index (χ3v) is 7.45. The van der Waals surface area contributed by atoms with Crippen LogP contribution in [0.4, 0.5) is 0 Å². The molecule has 3 aliphatic rings. The van der Waals surface area contributed by atoms with Crippen molar-refractivity contribution >= 4 is 5.97 Å². The Morgan fingerprint density at radius 3 is 2.65 bits per heavy atom. The van der Waals surface area contributed by atoms with Crippen molar-refractivity contribution in [3.63, 3.8) is 0 Å². The lowest BCUT2D eigenvalue weighted by Crippen LogP contribution is -2.26. The Balaban J connectivity index is 1.33. The fourth-order valence-electron chi connectivity index (χ4n) is 5.45. The molecule has 0 bridgehead atoms. The third kappa shape index (κ3) is 3.66. The quantitative estimate of drug-likeness (QED) is 0.642. The molecule has 2 aromatic rings. The smallest absolute Gasteiger partial charge is 0.335 e. The topological polar surface area (TPSA) is 87.0 Å². The number of rotatable bonds is 5. The molecule has 1 aliphatic heterocycles. The first kappa shape index (κ1) is 20.3. The van der Waals surface area contributed by atoms with Crippen molar-refractivity contribution in [1.82, 2.24) is 0 Å². The molecule has 0 radical (unpaired) electrons. The summed E-state index contributed by atoms with van der Waals surface area (Å²) in [6.45, 7) is 0. The van der Waals surface area contributed by atoms with E-state index in [-0.39, 0.29) is 28.9 Å². The Kier molecular flexibility index (Phi) is 5.11. The number of ether oxygens (including phenoxy) is 1. The van der Waals surface area contributed by atoms with Gasteiger partial charge in [-0.2, -0.15) is 0 Å². The monoisotopic (exact) mass is 420 g/mol. The van der Waals surface area contributed by atoms with Gasteiger partial charge in [0.2, 0.25) is 0 Å². The van der Waals surface area contributed by atoms with Crippen LogP contribution in [0.3, 0.4) is 0 Å². The molecule has 5 atom stereocenters. The van der Waals surface area contributed by atoms with E-state index in [0.29, 0.717) is 12.2 Å². The molecule has 2 aromatic carbocycles. The highest BCUT2D eigenvalue weighted by atomic mass is 16.5. The molecule has 0 amide bonds. The molecule has 0 aromatic heterocycles. The maximum atomic E-state index is 11.3. The molecule has 5 rings (SSSR count). The van der Waals surface area contributed by atoms with Crippen LogP contribution in [-0.2, 0) is 11.8 Å². The van der Waals surface area contributed by atoms with Gasteiger partial charge in [0.1, 0.15) is 11.9 Å². The number of aromatic carboxylic acids is 1. The summed E-state index contributed by atoms with van der Waals surface area (Å²) < 4.78 is 6.21. The average Bonchev–Trinajstić information content (AvgIpc) is 3.55. The first-order chi connectivity index (χ1) is 15.0. The van der Waals surface area contributed by atoms with Crippen molar-refractivity contribution in [2.75, 3.05) is 0 Å². The summed E-state index contributed by atoms with van der Waals surface area (Å²) in [6, 6.07) is 15.2. The normalized spacial score (nSPS) is 29.5. The van der Waals surface area contributed by atoms with E-state index < -0.39 is 18.2 Å². The summed E-state index contributed by atoms with van der Waals surface area (Å²) in [5.41, 5.74) is 2.19. The van der Waals surface area contributed by atoms with Crippen LogP contribution in [0.2, 0.25) is 0 Å². The van der Waals surface area contributed by atoms with Crippen molar-refractivity contribution in [3.05, 3.63) is 77.4 Å². The molecule has 0 saturated heterocycles. The Hall–Kier alpha value is -2.63. The minimum absolute atomic E-state index is 0.0838. The van der Waals surface area contributed by atoms with Gasteiger partial charge < -0.3 is 20.1 Å². The Labute approximate surface area is 182 Å². The fourth-order valence-corrected chi connectivity index (χ4v) is 5.45. The maximum absolute atomic E-state index is 11.3. The van der Waals surface area contributed by atoms with Crippen LogP contribution >= 0.6 is 0 Å². The van der Waals surface area contributed by atoms with Crippen molar-refractivity contribution in [2.45, 2.75) is 55.8 Å². The molecule has 162 valence electrons. The number of hydrogen-bond acceptors (Lipinski definition) is 4. The number of hydrogen-bond donors (Lipinski definition) is 3. The summed E-state index contributed by atoms with van der Waals surface area (Å²) >= 11 is 0. The zero-order valence-electron chi connectivity index (χ0n) is 17.4. The van der Waals surface area contributed by atoms with Gasteiger partial charge in [-0.15, -0.1) is 0 Å². The number of benzene rings is 2. The SMILES string of the molecule is O=C(O)c1ccc2c(c1)O[C@H]1C[C@@H](O)[C@H](/C=C/[C@@H](O)C3(c4ccccc4)CC3)[C@H]1CC2. The average molecular weight is 421 g/mol. The third-order valence-electron chi connectivity index (χ3n) is 7.45. The molecule has 5 nitrogen and oxygen atoms in total. The van der Waals surface area contributed by atoms with E-state index >= 15 is 0 Å². The molecule has 2 saturated carbocycles. The molecule has 0 unspecified atom stereocenters. The van der Waals surface area contributed by atoms with Gasteiger partial charge in [0.25, 0.3) is 0 Å². The second-order valence-electron chi connectivity index (χ2n) is 9.22. The molecule has 2 aliphatic carbocycles. The van der Waals surface area contributed by atoms with Gasteiger partial charge in [0, 0.05) is 23.7 Å². The van der Waals surface area contributed by atoms with Crippen LogP contribution < -0.4 is 4.74 Å². The van der Waals surface area contributed by atoms with Crippen LogP contribution in [0.15, 0.2) is 60.7 Å². The van der Waals surface area contributed by atoms with Gasteiger partial charge in [-0.05, 0) is 48.9 Å². The second-order valence-corrected chi connectivity index (χ2v) is 9.22. The van der Waals surface area contributed by atoms with E-state index in [0.717, 1.165) is 31.2 Å². The number of aryl methyl sites for hydroxylation is 1. The minimum atomic E-state index is -0.971. The van der Waals surface area contributed by atoms with Crippen molar-refractivity contribution in [3.8, 4) is 5.75 Å². The van der Waals surface area contributed by atoms with Crippen LogP contribution in [0.25, 0.3) is 0 Å². The lowest BCUT2D eigenvalue weighted by atomic mass is 9.85. The van der Waals surface area contributed by atoms with Crippen LogP contribution in [0.5, 0.6) is 5.75 Å². The second kappa shape index (κ2) is 7.81. The highest BCUT2D eigenvalue weighted by molar-refractivity contribution is 5.88. The Morgan fingerprint density at radius 1 is 1.16 bits per heavy atom. The lowest BCUT2D eigenvalue weighted by Gasteiger charge is -2.23. The first-order valence-corrected chi connectivity index (χ1v) is 11.1. The van der Waals surface area contributed by atoms with E-state index in [2.05, 4.69) is 12.1 Å². The fraction of sp³-hybridized carbons (Fsp3) is 0.423. The van der Waals surface area contributed by atoms with E-state index in [1.807, 2.05) is 36.4 Å². The van der Waals surface area contributed by atoms with E-state index in [4.69, 9.17) is 4.74 Å². The summed E-state index contributed by atoms with van der Waals surface area (Å²) in [5, 5.41) is 31.0. The number of fused-ring (bicyclic) bond motifs is 2. The first-order valence-electron chi connectivity index (χ1n) is 11.1. The zero-order chi connectivity index (χ0) is 21.6. The summed E-state index contributed by atoms with van der Waals surface area (Å²) in [4.78, 5) is 11.3. The van der Waals surface area contributed by atoms with Crippen LogP contribution in [-0.4, -0.2) is 39.6 Å². The van der Waals surface area contributed by atoms with Gasteiger partial charge in [0.05, 0.1) is 17.8 Å². The van der Waals surface area contributed by atoms with Gasteiger partial charge >= 0.3 is 5.97 Å². The summed E-state index contributed by atoms with van der Waals surface area (Å²) in [7, 11) is 0. The van der Waals surface area contributed by atoms with E-state index in [9.17, 15) is 20.1 Å². The molecule has 3 N–H and O–H groups in total. The summed E-state index contributed by atoms with van der Waals surface area (Å²) in [5.74, 6) is -0.309. The molecular weight excluding hydrogens is 392 g/mol. The lowest BCUT2D eigenvalue weighted by molar-refractivity contribution is 0.0695. The van der Waals surface area contributed by atoms with Gasteiger partial charge in [-0.3, -0.25) is 0 Å². The summed E-state index contributed by atoms with van der Waals surface area (Å²) in [6.07, 6.45) is 6.67. The highest BCUT2D eigenvalue weighted by Gasteiger charge is 2.50. The van der Waals surface area contributed by atoms with E-state index in [1.165, 1.54) is 5.56 Å². The van der Waals surface area contributed by atoms with Crippen molar-refractivity contribution < 1.29 is 24.9 Å². The Bertz CT molecular complexity index is 994. The molecule has 1 heterocycles. The highest BCUT2D eigenvalue weighted by Crippen LogP contribution is 2.51. The molecule has 31 heavy (non-hydrogen) atoms. The van der Waals surface area contributed by atoms with E-state index in [1.54, 1.807) is 12.1 Å². The molecule has 0 spiro atoms. The molecule has 2 fully saturated rings. The standard InChI is InChI=1S/C26H28O5/c27-21-15-23-20(9-8-16-6-7-17(25(29)30)14-22(16)31-23)19(21)10-11-24(28)26(12-13-26)18-4-2-1-3-5-18/h1-7,10-11,14,19-21,23-24,27-28H,8-9,12-13,15H2,(H,29,30)/b11-10+/t19-,20-,21-,23+,24-/m1/s1. The number of carboxylic acids is 1. The predicted molar refractivity (Wildman–Crippen MR) is 116 cm³/mol. The van der Waals surface area contributed by atoms with Crippen molar-refractivity contribution in [2.24, 2.45) is 11.8 Å². The predicted octanol–water partition coefficient (Wildman–Crippen LogP) is 3.72. The largest absolute Gasteiger partial charge is 0.490 e. The van der Waals surface area contributed by atoms with Gasteiger partial charge in [-0.25, -0.2) is 4.79 Å². The van der Waals surface area contributed by atoms with Crippen molar-refractivity contribution in [1.29, 1.82) is 0 Å². The van der Waals surface area contributed by atoms with Crippen LogP contribution in [0.1, 0.15) is 47.2 Å². The maximum Gasteiger partial charge on any atom is 0.335 e. The minimum Gasteiger partial charge on any atom is -0.490 e. The number of aliphatic hydroxyl groups is 2. The number of carboxylic acid groups (broad SMARTS) is 1. The molecular formula is C26H28O5. The van der Waals surface area contributed by atoms with Gasteiger partial charge in [-0.1, -0.05) is 48.6 Å². The number of carbonyl (C=O) groups is 1. The van der Waals surface area contributed by atoms with Crippen LogP contribution in [0, 0.1) is 11.8 Å². The Morgan fingerprint density at radius 2 is 1.94 bits per heavy atom.